The maximum absolute atomic E-state index is 12.6. The third-order valence-electron chi connectivity index (χ3n) is 5.61. The van der Waals surface area contributed by atoms with Gasteiger partial charge in [0.2, 0.25) is 15.9 Å². The number of nitrogens with zero attached hydrogens (tertiary/aromatic N) is 2. The van der Waals surface area contributed by atoms with Crippen molar-refractivity contribution in [2.24, 2.45) is 5.92 Å². The number of hydrogen-bond acceptors (Lipinski definition) is 4. The van der Waals surface area contributed by atoms with Crippen LogP contribution in [0, 0.1) is 5.92 Å². The van der Waals surface area contributed by atoms with E-state index in [0.717, 1.165) is 23.0 Å². The molecule has 162 valence electrons. The van der Waals surface area contributed by atoms with E-state index in [9.17, 15) is 13.2 Å². The van der Waals surface area contributed by atoms with Crippen molar-refractivity contribution < 1.29 is 13.2 Å². The highest BCUT2D eigenvalue weighted by Crippen LogP contribution is 2.24. The maximum atomic E-state index is 12.6. The van der Waals surface area contributed by atoms with Gasteiger partial charge in [0, 0.05) is 25.8 Å². The van der Waals surface area contributed by atoms with Gasteiger partial charge in [-0.3, -0.25) is 4.79 Å². The van der Waals surface area contributed by atoms with Gasteiger partial charge in [0.05, 0.1) is 17.5 Å². The van der Waals surface area contributed by atoms with Gasteiger partial charge in [0.1, 0.15) is 0 Å². The van der Waals surface area contributed by atoms with Crippen molar-refractivity contribution in [3.63, 3.8) is 0 Å². The fourth-order valence-electron chi connectivity index (χ4n) is 3.83. The molecule has 0 spiro atoms. The van der Waals surface area contributed by atoms with Gasteiger partial charge in [-0.15, -0.1) is 0 Å². The summed E-state index contributed by atoms with van der Waals surface area (Å²) in [5, 5.41) is 2.90. The van der Waals surface area contributed by atoms with Crippen LogP contribution < -0.4 is 10.2 Å². The second kappa shape index (κ2) is 9.62. The summed E-state index contributed by atoms with van der Waals surface area (Å²) in [4.78, 5) is 15.0. The van der Waals surface area contributed by atoms with E-state index in [0.29, 0.717) is 5.92 Å². The van der Waals surface area contributed by atoms with Crippen molar-refractivity contribution >= 4 is 21.6 Å². The second-order valence-corrected chi connectivity index (χ2v) is 10.2. The monoisotopic (exact) mass is 429 g/mol. The number of amides is 1. The average molecular weight is 430 g/mol. The summed E-state index contributed by atoms with van der Waals surface area (Å²) in [5.41, 5.74) is 2.20. The summed E-state index contributed by atoms with van der Waals surface area (Å²) in [6.07, 6.45) is 2.50. The quantitative estimate of drug-likeness (QED) is 0.732. The van der Waals surface area contributed by atoms with Gasteiger partial charge < -0.3 is 10.2 Å². The standard InChI is InChI=1S/C23H31N3O3S/c1-18-8-7-15-26(16-18)21-13-11-20(12-14-21)19(2)24-23(27)17-25(3)30(28,29)22-9-5-4-6-10-22/h4-6,9-14,18-19H,7-8,15-17H2,1-3H3,(H,24,27)/t18-,19+/m1/s1. The number of carbonyl (C=O) groups is 1. The maximum Gasteiger partial charge on any atom is 0.243 e. The first-order chi connectivity index (χ1) is 14.3. The number of nitrogens with one attached hydrogen (secondary N) is 1. The van der Waals surface area contributed by atoms with Crippen LogP contribution >= 0.6 is 0 Å². The topological polar surface area (TPSA) is 69.7 Å². The van der Waals surface area contributed by atoms with Crippen LogP contribution in [-0.2, 0) is 14.8 Å². The molecule has 2 atom stereocenters. The Morgan fingerprint density at radius 2 is 1.83 bits per heavy atom. The van der Waals surface area contributed by atoms with Crippen LogP contribution in [0.15, 0.2) is 59.5 Å². The van der Waals surface area contributed by atoms with Crippen LogP contribution in [0.2, 0.25) is 0 Å². The molecule has 1 fully saturated rings. The third-order valence-corrected chi connectivity index (χ3v) is 7.43. The minimum Gasteiger partial charge on any atom is -0.371 e. The molecule has 30 heavy (non-hydrogen) atoms. The summed E-state index contributed by atoms with van der Waals surface area (Å²) in [6, 6.07) is 16.2. The number of piperidine rings is 1. The Labute approximate surface area is 179 Å². The highest BCUT2D eigenvalue weighted by atomic mass is 32.2. The van der Waals surface area contributed by atoms with Gasteiger partial charge in [0.15, 0.2) is 0 Å². The Morgan fingerprint density at radius 3 is 2.47 bits per heavy atom. The van der Waals surface area contributed by atoms with Crippen molar-refractivity contribution in [1.82, 2.24) is 9.62 Å². The zero-order valence-corrected chi connectivity index (χ0v) is 18.7. The zero-order chi connectivity index (χ0) is 21.7. The molecular formula is C23H31N3O3S. The molecule has 1 aliphatic rings. The van der Waals surface area contributed by atoms with Crippen LogP contribution in [0.4, 0.5) is 5.69 Å². The van der Waals surface area contributed by atoms with Crippen molar-refractivity contribution in [1.29, 1.82) is 0 Å². The molecule has 6 nitrogen and oxygen atoms in total. The summed E-state index contributed by atoms with van der Waals surface area (Å²) >= 11 is 0. The van der Waals surface area contributed by atoms with Crippen molar-refractivity contribution in [2.45, 2.75) is 37.6 Å². The predicted octanol–water partition coefficient (Wildman–Crippen LogP) is 3.42. The minimum atomic E-state index is -3.69. The lowest BCUT2D eigenvalue weighted by Gasteiger charge is -2.33. The smallest absolute Gasteiger partial charge is 0.243 e. The summed E-state index contributed by atoms with van der Waals surface area (Å²) in [5.74, 6) is 0.374. The van der Waals surface area contributed by atoms with Gasteiger partial charge in [-0.25, -0.2) is 8.42 Å². The number of sulfonamides is 1. The van der Waals surface area contributed by atoms with Crippen molar-refractivity contribution in [2.75, 3.05) is 31.6 Å². The Hall–Kier alpha value is -2.38. The molecule has 0 aliphatic carbocycles. The first-order valence-electron chi connectivity index (χ1n) is 10.4. The van der Waals surface area contributed by atoms with Gasteiger partial charge in [0.25, 0.3) is 0 Å². The Bertz CT molecular complexity index is 945. The average Bonchev–Trinajstić information content (AvgIpc) is 2.74. The number of hydrogen-bond donors (Lipinski definition) is 1. The van der Waals surface area contributed by atoms with Gasteiger partial charge in [-0.05, 0) is 55.5 Å². The number of likely N-dealkylation sites (N-methyl/N-ethyl adjacent to an activating group) is 1. The predicted molar refractivity (Wildman–Crippen MR) is 120 cm³/mol. The SMILES string of the molecule is C[C@@H]1CCCN(c2ccc([C@H](C)NC(=O)CN(C)S(=O)(=O)c3ccccc3)cc2)C1. The van der Waals surface area contributed by atoms with Gasteiger partial charge in [-0.1, -0.05) is 37.3 Å². The van der Waals surface area contributed by atoms with Gasteiger partial charge >= 0.3 is 0 Å². The number of anilines is 1. The van der Waals surface area contributed by atoms with Crippen LogP contribution in [0.25, 0.3) is 0 Å². The molecule has 3 rings (SSSR count). The molecule has 1 amide bonds. The molecule has 0 saturated carbocycles. The molecular weight excluding hydrogens is 398 g/mol. The van der Waals surface area contributed by atoms with Crippen LogP contribution in [-0.4, -0.2) is 45.3 Å². The third kappa shape index (κ3) is 5.40. The molecule has 0 aromatic heterocycles. The first kappa shape index (κ1) is 22.3. The van der Waals surface area contributed by atoms with Crippen LogP contribution in [0.5, 0.6) is 0 Å². The van der Waals surface area contributed by atoms with Crippen molar-refractivity contribution in [3.8, 4) is 0 Å². The second-order valence-electron chi connectivity index (χ2n) is 8.15. The fraction of sp³-hybridized carbons (Fsp3) is 0.435. The molecule has 1 N–H and O–H groups in total. The van der Waals surface area contributed by atoms with E-state index < -0.39 is 10.0 Å². The van der Waals surface area contributed by atoms with E-state index in [2.05, 4.69) is 29.3 Å². The molecule has 1 saturated heterocycles. The van der Waals surface area contributed by atoms with Crippen molar-refractivity contribution in [3.05, 3.63) is 60.2 Å². The Morgan fingerprint density at radius 1 is 1.17 bits per heavy atom. The molecule has 1 aliphatic heterocycles. The molecule has 2 aromatic carbocycles. The Balaban J connectivity index is 1.57. The number of rotatable bonds is 7. The highest BCUT2D eigenvalue weighted by molar-refractivity contribution is 7.89. The molecule has 2 aromatic rings. The zero-order valence-electron chi connectivity index (χ0n) is 17.9. The lowest BCUT2D eigenvalue weighted by atomic mass is 9.99. The molecule has 0 unspecified atom stereocenters. The first-order valence-corrected chi connectivity index (χ1v) is 11.9. The highest BCUT2D eigenvalue weighted by Gasteiger charge is 2.23. The van der Waals surface area contributed by atoms with E-state index in [-0.39, 0.29) is 23.4 Å². The van der Waals surface area contributed by atoms with E-state index in [1.54, 1.807) is 18.2 Å². The Kier molecular flexibility index (Phi) is 7.15. The summed E-state index contributed by atoms with van der Waals surface area (Å²) in [6.45, 7) is 6.12. The van der Waals surface area contributed by atoms with Crippen LogP contribution in [0.1, 0.15) is 38.3 Å². The lowest BCUT2D eigenvalue weighted by molar-refractivity contribution is -0.121. The molecule has 0 radical (unpaired) electrons. The largest absolute Gasteiger partial charge is 0.371 e. The van der Waals surface area contributed by atoms with Gasteiger partial charge in [-0.2, -0.15) is 4.31 Å². The number of benzene rings is 2. The summed E-state index contributed by atoms with van der Waals surface area (Å²) < 4.78 is 26.2. The summed E-state index contributed by atoms with van der Waals surface area (Å²) in [7, 11) is -2.27. The fourth-order valence-corrected chi connectivity index (χ4v) is 4.98. The van der Waals surface area contributed by atoms with E-state index in [1.807, 2.05) is 19.1 Å². The molecule has 1 heterocycles. The minimum absolute atomic E-state index is 0.177. The molecule has 0 bridgehead atoms. The van der Waals surface area contributed by atoms with Crippen LogP contribution in [0.3, 0.4) is 0 Å². The molecule has 7 heteroatoms. The normalized spacial score (nSPS) is 18.3. The lowest BCUT2D eigenvalue weighted by Crippen LogP contribution is -2.39. The number of carbonyl (C=O) groups excluding carboxylic acids is 1. The van der Waals surface area contributed by atoms with E-state index in [1.165, 1.54) is 37.7 Å². The van der Waals surface area contributed by atoms with E-state index >= 15 is 0 Å². The van der Waals surface area contributed by atoms with E-state index in [4.69, 9.17) is 0 Å².